The summed E-state index contributed by atoms with van der Waals surface area (Å²) in [7, 11) is 0. The van der Waals surface area contributed by atoms with Crippen molar-refractivity contribution >= 4 is 23.6 Å². The monoisotopic (exact) mass is 412 g/mol. The standard InChI is InChI=1S/C24H32N2O2S/c1-4-22(24(28)25-15-19(2)3)26(16-20-11-7-5-8-12-20)23(27)18-29-17-21-13-9-6-10-14-21/h5-14,19,22H,4,15-18H2,1-3H3,(H,25,28)/t22-/m0/s1. The van der Waals surface area contributed by atoms with Gasteiger partial charge in [0.1, 0.15) is 6.04 Å². The molecule has 0 heterocycles. The molecule has 0 unspecified atom stereocenters. The van der Waals surface area contributed by atoms with Crippen molar-refractivity contribution < 1.29 is 9.59 Å². The van der Waals surface area contributed by atoms with Crippen LogP contribution in [0.4, 0.5) is 0 Å². The molecule has 0 fully saturated rings. The van der Waals surface area contributed by atoms with Gasteiger partial charge in [-0.1, -0.05) is 81.4 Å². The van der Waals surface area contributed by atoms with Crippen LogP contribution in [0.5, 0.6) is 0 Å². The molecule has 5 heteroatoms. The molecule has 29 heavy (non-hydrogen) atoms. The van der Waals surface area contributed by atoms with E-state index in [0.29, 0.717) is 31.2 Å². The first kappa shape index (κ1) is 23.0. The minimum absolute atomic E-state index is 0.00123. The summed E-state index contributed by atoms with van der Waals surface area (Å²) in [6, 6.07) is 19.5. The number of nitrogens with one attached hydrogen (secondary N) is 1. The number of benzene rings is 2. The molecule has 4 nitrogen and oxygen atoms in total. The number of thioether (sulfide) groups is 1. The zero-order chi connectivity index (χ0) is 21.1. The van der Waals surface area contributed by atoms with Crippen molar-refractivity contribution in [1.29, 1.82) is 0 Å². The lowest BCUT2D eigenvalue weighted by molar-refractivity contribution is -0.139. The highest BCUT2D eigenvalue weighted by molar-refractivity contribution is 7.99. The van der Waals surface area contributed by atoms with E-state index in [1.807, 2.05) is 55.5 Å². The van der Waals surface area contributed by atoms with Gasteiger partial charge in [0.15, 0.2) is 0 Å². The Bertz CT molecular complexity index is 750. The molecule has 0 saturated carbocycles. The van der Waals surface area contributed by atoms with Crippen LogP contribution in [-0.2, 0) is 21.9 Å². The van der Waals surface area contributed by atoms with E-state index >= 15 is 0 Å². The summed E-state index contributed by atoms with van der Waals surface area (Å²) in [6.45, 7) is 7.15. The van der Waals surface area contributed by atoms with Gasteiger partial charge in [-0.25, -0.2) is 0 Å². The van der Waals surface area contributed by atoms with Crippen molar-refractivity contribution in [2.45, 2.75) is 45.5 Å². The van der Waals surface area contributed by atoms with Gasteiger partial charge in [-0.2, -0.15) is 0 Å². The fourth-order valence-electron chi connectivity index (χ4n) is 3.04. The van der Waals surface area contributed by atoms with Gasteiger partial charge in [0.05, 0.1) is 5.75 Å². The van der Waals surface area contributed by atoms with Gasteiger partial charge in [0.2, 0.25) is 11.8 Å². The van der Waals surface area contributed by atoms with Crippen LogP contribution in [0.1, 0.15) is 38.3 Å². The molecule has 1 atom stereocenters. The molecule has 2 amide bonds. The maximum atomic E-state index is 13.1. The number of hydrogen-bond donors (Lipinski definition) is 1. The van der Waals surface area contributed by atoms with Crippen LogP contribution >= 0.6 is 11.8 Å². The molecule has 2 aromatic carbocycles. The van der Waals surface area contributed by atoms with E-state index in [1.54, 1.807) is 16.7 Å². The summed E-state index contributed by atoms with van der Waals surface area (Å²) in [6.07, 6.45) is 0.589. The summed E-state index contributed by atoms with van der Waals surface area (Å²) in [5.41, 5.74) is 2.23. The lowest BCUT2D eigenvalue weighted by Gasteiger charge is -2.31. The SMILES string of the molecule is CC[C@@H](C(=O)NCC(C)C)N(Cc1ccccc1)C(=O)CSCc1ccccc1. The molecule has 156 valence electrons. The number of rotatable bonds is 11. The van der Waals surface area contributed by atoms with Crippen LogP contribution in [0.2, 0.25) is 0 Å². The van der Waals surface area contributed by atoms with Crippen molar-refractivity contribution in [1.82, 2.24) is 10.2 Å². The number of nitrogens with zero attached hydrogens (tertiary/aromatic N) is 1. The van der Waals surface area contributed by atoms with E-state index in [-0.39, 0.29) is 11.8 Å². The van der Waals surface area contributed by atoms with Crippen LogP contribution in [0, 0.1) is 5.92 Å². The van der Waals surface area contributed by atoms with Gasteiger partial charge in [-0.15, -0.1) is 11.8 Å². The van der Waals surface area contributed by atoms with Gasteiger partial charge >= 0.3 is 0 Å². The second-order valence-corrected chi connectivity index (χ2v) is 8.53. The first-order valence-electron chi connectivity index (χ1n) is 10.2. The molecule has 0 bridgehead atoms. The molecule has 1 N–H and O–H groups in total. The summed E-state index contributed by atoms with van der Waals surface area (Å²) in [5, 5.41) is 3.00. The van der Waals surface area contributed by atoms with Crippen LogP contribution < -0.4 is 5.32 Å². The fraction of sp³-hybridized carbons (Fsp3) is 0.417. The zero-order valence-electron chi connectivity index (χ0n) is 17.6. The van der Waals surface area contributed by atoms with Crippen molar-refractivity contribution in [2.24, 2.45) is 5.92 Å². The number of hydrogen-bond acceptors (Lipinski definition) is 3. The van der Waals surface area contributed by atoms with Crippen LogP contribution in [0.25, 0.3) is 0 Å². The highest BCUT2D eigenvalue weighted by Crippen LogP contribution is 2.17. The maximum absolute atomic E-state index is 13.1. The zero-order valence-corrected chi connectivity index (χ0v) is 18.5. The Morgan fingerprint density at radius 1 is 0.966 bits per heavy atom. The molecule has 0 aliphatic rings. The first-order valence-corrected chi connectivity index (χ1v) is 11.4. The summed E-state index contributed by atoms with van der Waals surface area (Å²) < 4.78 is 0. The maximum Gasteiger partial charge on any atom is 0.242 e. The molecule has 0 aliphatic heterocycles. The normalized spacial score (nSPS) is 11.9. The third kappa shape index (κ3) is 7.94. The Kier molecular flexibility index (Phi) is 9.78. The lowest BCUT2D eigenvalue weighted by Crippen LogP contribution is -2.50. The van der Waals surface area contributed by atoms with Crippen molar-refractivity contribution in [2.75, 3.05) is 12.3 Å². The second kappa shape index (κ2) is 12.3. The lowest BCUT2D eigenvalue weighted by atomic mass is 10.1. The van der Waals surface area contributed by atoms with Gasteiger partial charge in [0, 0.05) is 18.8 Å². The summed E-state index contributed by atoms with van der Waals surface area (Å²) in [4.78, 5) is 27.6. The van der Waals surface area contributed by atoms with E-state index in [4.69, 9.17) is 0 Å². The van der Waals surface area contributed by atoms with Gasteiger partial charge in [-0.05, 0) is 23.5 Å². The highest BCUT2D eigenvalue weighted by Gasteiger charge is 2.28. The summed E-state index contributed by atoms with van der Waals surface area (Å²) in [5.74, 6) is 1.44. The average Bonchev–Trinajstić information content (AvgIpc) is 2.73. The van der Waals surface area contributed by atoms with Crippen LogP contribution in [0.15, 0.2) is 60.7 Å². The number of carbonyl (C=O) groups is 2. The Labute approximate surface area is 179 Å². The molecule has 2 rings (SSSR count). The molecule has 0 aromatic heterocycles. The third-order valence-corrected chi connectivity index (χ3v) is 5.59. The van der Waals surface area contributed by atoms with E-state index in [9.17, 15) is 9.59 Å². The van der Waals surface area contributed by atoms with Crippen molar-refractivity contribution in [3.05, 3.63) is 71.8 Å². The van der Waals surface area contributed by atoms with E-state index in [0.717, 1.165) is 11.3 Å². The van der Waals surface area contributed by atoms with Gasteiger partial charge in [0.25, 0.3) is 0 Å². The van der Waals surface area contributed by atoms with E-state index < -0.39 is 6.04 Å². The average molecular weight is 413 g/mol. The minimum Gasteiger partial charge on any atom is -0.354 e. The largest absolute Gasteiger partial charge is 0.354 e. The predicted octanol–water partition coefficient (Wildman–Crippen LogP) is 4.50. The quantitative estimate of drug-likeness (QED) is 0.591. The Morgan fingerprint density at radius 2 is 1.55 bits per heavy atom. The van der Waals surface area contributed by atoms with Crippen LogP contribution in [0.3, 0.4) is 0 Å². The molecule has 0 spiro atoms. The van der Waals surface area contributed by atoms with Crippen LogP contribution in [-0.4, -0.2) is 35.1 Å². The van der Waals surface area contributed by atoms with Crippen molar-refractivity contribution in [3.63, 3.8) is 0 Å². The molecule has 2 aromatic rings. The van der Waals surface area contributed by atoms with E-state index in [1.165, 1.54) is 5.56 Å². The summed E-state index contributed by atoms with van der Waals surface area (Å²) >= 11 is 1.59. The molecule has 0 aliphatic carbocycles. The Hall–Kier alpha value is -2.27. The number of amides is 2. The molecular formula is C24H32N2O2S. The van der Waals surface area contributed by atoms with Gasteiger partial charge in [-0.3, -0.25) is 9.59 Å². The minimum atomic E-state index is -0.459. The smallest absolute Gasteiger partial charge is 0.242 e. The highest BCUT2D eigenvalue weighted by atomic mass is 32.2. The second-order valence-electron chi connectivity index (χ2n) is 7.55. The topological polar surface area (TPSA) is 49.4 Å². The number of carbonyl (C=O) groups excluding carboxylic acids is 2. The van der Waals surface area contributed by atoms with E-state index in [2.05, 4.69) is 31.3 Å². The van der Waals surface area contributed by atoms with Crippen molar-refractivity contribution in [3.8, 4) is 0 Å². The van der Waals surface area contributed by atoms with Gasteiger partial charge < -0.3 is 10.2 Å². The molecule has 0 saturated heterocycles. The predicted molar refractivity (Wildman–Crippen MR) is 122 cm³/mol. The molecule has 0 radical (unpaired) electrons. The Morgan fingerprint density at radius 3 is 2.10 bits per heavy atom. The fourth-order valence-corrected chi connectivity index (χ4v) is 3.91. The Balaban J connectivity index is 2.07. The third-order valence-electron chi connectivity index (χ3n) is 4.60. The first-order chi connectivity index (χ1) is 14.0. The molecular weight excluding hydrogens is 380 g/mol.